The largest absolute Gasteiger partial charge is 0.508 e. The maximum Gasteiger partial charge on any atom is 0.333 e. The zero-order valence-corrected chi connectivity index (χ0v) is 9.56. The van der Waals surface area contributed by atoms with Gasteiger partial charge in [0, 0.05) is 5.57 Å². The van der Waals surface area contributed by atoms with Gasteiger partial charge in [-0.05, 0) is 30.2 Å². The minimum Gasteiger partial charge on any atom is -0.508 e. The number of carbonyl (C=O) groups is 1. The monoisotopic (exact) mass is 220 g/mol. The molecule has 0 amide bonds. The second-order valence-electron chi connectivity index (χ2n) is 3.50. The molecule has 0 aromatic heterocycles. The summed E-state index contributed by atoms with van der Waals surface area (Å²) >= 11 is 0. The Hall–Kier alpha value is -1.77. The number of rotatable bonds is 4. The van der Waals surface area contributed by atoms with Crippen LogP contribution in [0, 0.1) is 0 Å². The molecule has 3 nitrogen and oxygen atoms in total. The minimum atomic E-state index is -0.296. The number of aromatic hydroxyl groups is 1. The van der Waals surface area contributed by atoms with E-state index >= 15 is 0 Å². The Kier molecular flexibility index (Phi) is 4.58. The SMILES string of the molecule is CCCC(=Cc1ccc(O)cc1)C(=O)OC. The van der Waals surface area contributed by atoms with Crippen molar-refractivity contribution in [3.63, 3.8) is 0 Å². The number of esters is 1. The van der Waals surface area contributed by atoms with Gasteiger partial charge < -0.3 is 9.84 Å². The summed E-state index contributed by atoms with van der Waals surface area (Å²) in [4.78, 5) is 11.4. The van der Waals surface area contributed by atoms with Crippen LogP contribution in [0.4, 0.5) is 0 Å². The van der Waals surface area contributed by atoms with Crippen molar-refractivity contribution in [2.45, 2.75) is 19.8 Å². The molecule has 1 aromatic rings. The summed E-state index contributed by atoms with van der Waals surface area (Å²) in [5, 5.41) is 9.14. The van der Waals surface area contributed by atoms with Crippen LogP contribution in [0.5, 0.6) is 5.75 Å². The number of hydrogen-bond donors (Lipinski definition) is 1. The van der Waals surface area contributed by atoms with E-state index in [1.807, 2.05) is 6.92 Å². The molecule has 1 aromatic carbocycles. The molecule has 0 unspecified atom stereocenters. The molecule has 0 spiro atoms. The van der Waals surface area contributed by atoms with Crippen molar-refractivity contribution in [2.75, 3.05) is 7.11 Å². The van der Waals surface area contributed by atoms with E-state index in [1.165, 1.54) is 7.11 Å². The van der Waals surface area contributed by atoms with Crippen LogP contribution in [-0.2, 0) is 9.53 Å². The van der Waals surface area contributed by atoms with Crippen LogP contribution in [0.15, 0.2) is 29.8 Å². The molecule has 1 rings (SSSR count). The number of carbonyl (C=O) groups excluding carboxylic acids is 1. The topological polar surface area (TPSA) is 46.5 Å². The molecule has 16 heavy (non-hydrogen) atoms. The van der Waals surface area contributed by atoms with Crippen molar-refractivity contribution in [3.8, 4) is 5.75 Å². The average Bonchev–Trinajstić information content (AvgIpc) is 2.30. The van der Waals surface area contributed by atoms with E-state index in [1.54, 1.807) is 30.3 Å². The summed E-state index contributed by atoms with van der Waals surface area (Å²) < 4.78 is 4.70. The molecule has 0 radical (unpaired) electrons. The molecule has 0 saturated carbocycles. The molecule has 0 atom stereocenters. The Morgan fingerprint density at radius 1 is 1.38 bits per heavy atom. The van der Waals surface area contributed by atoms with Crippen LogP contribution in [0.1, 0.15) is 25.3 Å². The Bertz CT molecular complexity index is 377. The first-order valence-corrected chi connectivity index (χ1v) is 5.25. The highest BCUT2D eigenvalue weighted by atomic mass is 16.5. The molecule has 0 aliphatic carbocycles. The predicted octanol–water partition coefficient (Wildman–Crippen LogP) is 2.75. The van der Waals surface area contributed by atoms with Gasteiger partial charge in [-0.1, -0.05) is 25.5 Å². The maximum absolute atomic E-state index is 11.4. The number of benzene rings is 1. The Labute approximate surface area is 95.4 Å². The fourth-order valence-electron chi connectivity index (χ4n) is 1.41. The second kappa shape index (κ2) is 5.95. The van der Waals surface area contributed by atoms with Gasteiger partial charge in [0.05, 0.1) is 7.11 Å². The zero-order valence-electron chi connectivity index (χ0n) is 9.56. The zero-order chi connectivity index (χ0) is 12.0. The lowest BCUT2D eigenvalue weighted by atomic mass is 10.1. The van der Waals surface area contributed by atoms with Crippen molar-refractivity contribution >= 4 is 12.0 Å². The Morgan fingerprint density at radius 3 is 2.50 bits per heavy atom. The highest BCUT2D eigenvalue weighted by molar-refractivity contribution is 5.93. The fraction of sp³-hybridized carbons (Fsp3) is 0.308. The van der Waals surface area contributed by atoms with Gasteiger partial charge in [-0.2, -0.15) is 0 Å². The molecule has 0 bridgehead atoms. The number of phenolic OH excluding ortho intramolecular Hbond substituents is 1. The first-order chi connectivity index (χ1) is 7.67. The van der Waals surface area contributed by atoms with Gasteiger partial charge in [-0.15, -0.1) is 0 Å². The Morgan fingerprint density at radius 2 is 2.00 bits per heavy atom. The molecule has 0 saturated heterocycles. The smallest absolute Gasteiger partial charge is 0.333 e. The van der Waals surface area contributed by atoms with E-state index in [4.69, 9.17) is 9.84 Å². The van der Waals surface area contributed by atoms with Crippen molar-refractivity contribution in [3.05, 3.63) is 35.4 Å². The molecular weight excluding hydrogens is 204 g/mol. The fourth-order valence-corrected chi connectivity index (χ4v) is 1.41. The van der Waals surface area contributed by atoms with Gasteiger partial charge in [-0.25, -0.2) is 4.79 Å². The molecular formula is C13H16O3. The quantitative estimate of drug-likeness (QED) is 0.627. The molecule has 0 aliphatic heterocycles. The second-order valence-corrected chi connectivity index (χ2v) is 3.50. The standard InChI is InChI=1S/C13H16O3/c1-3-4-11(13(15)16-2)9-10-5-7-12(14)8-6-10/h5-9,14H,3-4H2,1-2H3. The lowest BCUT2D eigenvalue weighted by Gasteiger charge is -2.04. The summed E-state index contributed by atoms with van der Waals surface area (Å²) in [5.41, 5.74) is 1.53. The van der Waals surface area contributed by atoms with E-state index in [9.17, 15) is 4.79 Å². The van der Waals surface area contributed by atoms with E-state index in [-0.39, 0.29) is 11.7 Å². The first kappa shape index (κ1) is 12.3. The van der Waals surface area contributed by atoms with Gasteiger partial charge in [0.2, 0.25) is 0 Å². The molecule has 86 valence electrons. The molecule has 1 N–H and O–H groups in total. The van der Waals surface area contributed by atoms with Crippen molar-refractivity contribution in [1.29, 1.82) is 0 Å². The number of methoxy groups -OCH3 is 1. The molecule has 0 aliphatic rings. The number of ether oxygens (including phenoxy) is 1. The van der Waals surface area contributed by atoms with Gasteiger partial charge in [-0.3, -0.25) is 0 Å². The van der Waals surface area contributed by atoms with E-state index in [0.29, 0.717) is 12.0 Å². The number of phenols is 1. The normalized spacial score (nSPS) is 11.2. The summed E-state index contributed by atoms with van der Waals surface area (Å²) in [7, 11) is 1.38. The maximum atomic E-state index is 11.4. The molecule has 3 heteroatoms. The van der Waals surface area contributed by atoms with E-state index in [2.05, 4.69) is 0 Å². The van der Waals surface area contributed by atoms with Gasteiger partial charge in [0.1, 0.15) is 5.75 Å². The first-order valence-electron chi connectivity index (χ1n) is 5.25. The predicted molar refractivity (Wildman–Crippen MR) is 63.0 cm³/mol. The van der Waals surface area contributed by atoms with Crippen molar-refractivity contribution in [1.82, 2.24) is 0 Å². The summed E-state index contributed by atoms with van der Waals surface area (Å²) in [6.45, 7) is 2.01. The molecule has 0 fully saturated rings. The van der Waals surface area contributed by atoms with Crippen LogP contribution in [0.25, 0.3) is 6.08 Å². The van der Waals surface area contributed by atoms with Crippen molar-refractivity contribution in [2.24, 2.45) is 0 Å². The summed E-state index contributed by atoms with van der Waals surface area (Å²) in [5.74, 6) is -0.0813. The van der Waals surface area contributed by atoms with E-state index in [0.717, 1.165) is 12.0 Å². The lowest BCUT2D eigenvalue weighted by molar-refractivity contribution is -0.136. The van der Waals surface area contributed by atoms with Crippen molar-refractivity contribution < 1.29 is 14.6 Å². The minimum absolute atomic E-state index is 0.215. The van der Waals surface area contributed by atoms with Crippen LogP contribution < -0.4 is 0 Å². The van der Waals surface area contributed by atoms with Crippen LogP contribution >= 0.6 is 0 Å². The van der Waals surface area contributed by atoms with E-state index < -0.39 is 0 Å². The van der Waals surface area contributed by atoms with Gasteiger partial charge in [0.15, 0.2) is 0 Å². The highest BCUT2D eigenvalue weighted by Crippen LogP contribution is 2.16. The van der Waals surface area contributed by atoms with Crippen LogP contribution in [0.3, 0.4) is 0 Å². The van der Waals surface area contributed by atoms with Crippen LogP contribution in [0.2, 0.25) is 0 Å². The lowest BCUT2D eigenvalue weighted by Crippen LogP contribution is -2.04. The number of hydrogen-bond acceptors (Lipinski definition) is 3. The third-order valence-corrected chi connectivity index (χ3v) is 2.20. The average molecular weight is 220 g/mol. The third-order valence-electron chi connectivity index (χ3n) is 2.20. The van der Waals surface area contributed by atoms with Gasteiger partial charge in [0.25, 0.3) is 0 Å². The Balaban J connectivity index is 2.92. The molecule has 0 heterocycles. The summed E-state index contributed by atoms with van der Waals surface area (Å²) in [6.07, 6.45) is 3.36. The van der Waals surface area contributed by atoms with Gasteiger partial charge >= 0.3 is 5.97 Å². The van der Waals surface area contributed by atoms with Crippen LogP contribution in [-0.4, -0.2) is 18.2 Å². The summed E-state index contributed by atoms with van der Waals surface area (Å²) in [6, 6.07) is 6.70. The highest BCUT2D eigenvalue weighted by Gasteiger charge is 2.08. The third kappa shape index (κ3) is 3.42.